The van der Waals surface area contributed by atoms with Gasteiger partial charge in [0.1, 0.15) is 5.75 Å². The van der Waals surface area contributed by atoms with Crippen LogP contribution < -0.4 is 10.1 Å². The van der Waals surface area contributed by atoms with E-state index in [0.717, 1.165) is 12.3 Å². The summed E-state index contributed by atoms with van der Waals surface area (Å²) in [5.74, 6) is 2.03. The molecular weight excluding hydrogens is 262 g/mol. The lowest BCUT2D eigenvalue weighted by Gasteiger charge is -2.31. The highest BCUT2D eigenvalue weighted by atomic mass is 16.5. The Bertz CT molecular complexity index is 447. The molecule has 118 valence electrons. The van der Waals surface area contributed by atoms with Gasteiger partial charge in [-0.3, -0.25) is 0 Å². The average Bonchev–Trinajstić information content (AvgIpc) is 2.52. The van der Waals surface area contributed by atoms with Crippen molar-refractivity contribution in [2.75, 3.05) is 20.3 Å². The van der Waals surface area contributed by atoms with Crippen molar-refractivity contribution in [2.24, 2.45) is 11.8 Å². The minimum absolute atomic E-state index is 0.266. The highest BCUT2D eigenvalue weighted by Crippen LogP contribution is 2.31. The Morgan fingerprint density at radius 1 is 1.29 bits per heavy atom. The van der Waals surface area contributed by atoms with Gasteiger partial charge in [0.05, 0.1) is 7.11 Å². The van der Waals surface area contributed by atoms with Gasteiger partial charge in [-0.15, -0.1) is 0 Å². The average molecular weight is 291 g/mol. The molecule has 0 heterocycles. The summed E-state index contributed by atoms with van der Waals surface area (Å²) in [6, 6.07) is 6.63. The SMILES string of the molecule is COc1cc(C)ccc1C(C)NCC1CCCCC1CO. The zero-order valence-electron chi connectivity index (χ0n) is 13.6. The lowest BCUT2D eigenvalue weighted by Crippen LogP contribution is -2.33. The van der Waals surface area contributed by atoms with Crippen LogP contribution in [0, 0.1) is 18.8 Å². The van der Waals surface area contributed by atoms with Gasteiger partial charge < -0.3 is 15.2 Å². The summed E-state index contributed by atoms with van der Waals surface area (Å²) in [4.78, 5) is 0. The summed E-state index contributed by atoms with van der Waals surface area (Å²) in [7, 11) is 1.73. The van der Waals surface area contributed by atoms with E-state index >= 15 is 0 Å². The van der Waals surface area contributed by atoms with Gasteiger partial charge in [0.15, 0.2) is 0 Å². The monoisotopic (exact) mass is 291 g/mol. The van der Waals surface area contributed by atoms with Crippen LogP contribution in [0.5, 0.6) is 5.75 Å². The van der Waals surface area contributed by atoms with Gasteiger partial charge in [-0.05, 0) is 56.7 Å². The van der Waals surface area contributed by atoms with Crippen LogP contribution in [-0.4, -0.2) is 25.4 Å². The van der Waals surface area contributed by atoms with Crippen LogP contribution in [0.4, 0.5) is 0 Å². The van der Waals surface area contributed by atoms with E-state index in [1.54, 1.807) is 7.11 Å². The Hall–Kier alpha value is -1.06. The first-order valence-electron chi connectivity index (χ1n) is 8.14. The van der Waals surface area contributed by atoms with Gasteiger partial charge in [0.2, 0.25) is 0 Å². The molecule has 1 aromatic carbocycles. The smallest absolute Gasteiger partial charge is 0.123 e. The molecule has 1 aromatic rings. The number of hydrogen-bond acceptors (Lipinski definition) is 3. The second-order valence-corrected chi connectivity index (χ2v) is 6.36. The Morgan fingerprint density at radius 2 is 2.00 bits per heavy atom. The molecule has 21 heavy (non-hydrogen) atoms. The molecule has 3 atom stereocenters. The molecule has 0 bridgehead atoms. The van der Waals surface area contributed by atoms with Crippen molar-refractivity contribution in [1.29, 1.82) is 0 Å². The third-order valence-electron chi connectivity index (χ3n) is 4.84. The number of methoxy groups -OCH3 is 1. The summed E-state index contributed by atoms with van der Waals surface area (Å²) < 4.78 is 5.50. The fraction of sp³-hybridized carbons (Fsp3) is 0.667. The quantitative estimate of drug-likeness (QED) is 0.843. The van der Waals surface area contributed by atoms with Crippen molar-refractivity contribution in [3.05, 3.63) is 29.3 Å². The molecule has 2 N–H and O–H groups in total. The van der Waals surface area contributed by atoms with Crippen molar-refractivity contribution < 1.29 is 9.84 Å². The lowest BCUT2D eigenvalue weighted by molar-refractivity contribution is 0.131. The number of nitrogens with one attached hydrogen (secondary N) is 1. The van der Waals surface area contributed by atoms with Crippen LogP contribution in [-0.2, 0) is 0 Å². The molecule has 1 aliphatic carbocycles. The highest BCUT2D eigenvalue weighted by Gasteiger charge is 2.25. The van der Waals surface area contributed by atoms with E-state index in [1.165, 1.54) is 36.8 Å². The van der Waals surface area contributed by atoms with Gasteiger partial charge >= 0.3 is 0 Å². The van der Waals surface area contributed by atoms with Crippen molar-refractivity contribution in [2.45, 2.75) is 45.6 Å². The van der Waals surface area contributed by atoms with Crippen molar-refractivity contribution in [1.82, 2.24) is 5.32 Å². The van der Waals surface area contributed by atoms with Crippen LogP contribution >= 0.6 is 0 Å². The van der Waals surface area contributed by atoms with Gasteiger partial charge in [0.25, 0.3) is 0 Å². The minimum Gasteiger partial charge on any atom is -0.496 e. The molecule has 0 aliphatic heterocycles. The third kappa shape index (κ3) is 4.21. The number of rotatable bonds is 6. The number of aliphatic hydroxyl groups is 1. The van der Waals surface area contributed by atoms with Crippen molar-refractivity contribution >= 4 is 0 Å². The van der Waals surface area contributed by atoms with Crippen LogP contribution in [0.3, 0.4) is 0 Å². The van der Waals surface area contributed by atoms with Gasteiger partial charge in [-0.25, -0.2) is 0 Å². The van der Waals surface area contributed by atoms with Crippen LogP contribution in [0.1, 0.15) is 49.8 Å². The maximum absolute atomic E-state index is 9.51. The maximum Gasteiger partial charge on any atom is 0.123 e. The second kappa shape index (κ2) is 7.81. The Morgan fingerprint density at radius 3 is 2.67 bits per heavy atom. The molecule has 0 aromatic heterocycles. The maximum atomic E-state index is 9.51. The van der Waals surface area contributed by atoms with Crippen LogP contribution in [0.25, 0.3) is 0 Å². The first-order chi connectivity index (χ1) is 10.2. The highest BCUT2D eigenvalue weighted by molar-refractivity contribution is 5.39. The molecule has 3 unspecified atom stereocenters. The summed E-state index contributed by atoms with van der Waals surface area (Å²) in [5.41, 5.74) is 2.43. The standard InChI is InChI=1S/C18H29NO2/c1-13-8-9-17(18(10-13)21-3)14(2)19-11-15-6-4-5-7-16(15)12-20/h8-10,14-16,19-20H,4-7,11-12H2,1-3H3. The summed E-state index contributed by atoms with van der Waals surface area (Å²) >= 11 is 0. The lowest BCUT2D eigenvalue weighted by atomic mass is 9.79. The van der Waals surface area contributed by atoms with E-state index < -0.39 is 0 Å². The van der Waals surface area contributed by atoms with Crippen LogP contribution in [0.15, 0.2) is 18.2 Å². The molecule has 2 rings (SSSR count). The molecule has 1 saturated carbocycles. The Kier molecular flexibility index (Phi) is 6.07. The number of ether oxygens (including phenoxy) is 1. The van der Waals surface area contributed by atoms with Gasteiger partial charge in [-0.1, -0.05) is 25.0 Å². The number of hydrogen-bond donors (Lipinski definition) is 2. The van der Waals surface area contributed by atoms with Crippen molar-refractivity contribution in [3.63, 3.8) is 0 Å². The predicted octanol–water partition coefficient (Wildman–Crippen LogP) is 3.45. The largest absolute Gasteiger partial charge is 0.496 e. The molecule has 0 saturated heterocycles. The Labute approximate surface area is 128 Å². The molecule has 0 radical (unpaired) electrons. The van der Waals surface area contributed by atoms with E-state index in [4.69, 9.17) is 4.74 Å². The summed E-state index contributed by atoms with van der Waals surface area (Å²) in [6.45, 7) is 5.57. The molecule has 3 heteroatoms. The minimum atomic E-state index is 0.266. The molecule has 0 spiro atoms. The van der Waals surface area contributed by atoms with E-state index in [1.807, 2.05) is 0 Å². The molecule has 0 amide bonds. The first-order valence-corrected chi connectivity index (χ1v) is 8.14. The Balaban J connectivity index is 1.96. The predicted molar refractivity (Wildman–Crippen MR) is 86.7 cm³/mol. The molecule has 3 nitrogen and oxygen atoms in total. The number of aryl methyl sites for hydroxylation is 1. The van der Waals surface area contributed by atoms with Gasteiger partial charge in [-0.2, -0.15) is 0 Å². The topological polar surface area (TPSA) is 41.5 Å². The van der Waals surface area contributed by atoms with Crippen molar-refractivity contribution in [3.8, 4) is 5.75 Å². The zero-order chi connectivity index (χ0) is 15.2. The normalized spacial score (nSPS) is 23.8. The molecule has 1 aliphatic rings. The second-order valence-electron chi connectivity index (χ2n) is 6.36. The third-order valence-corrected chi connectivity index (χ3v) is 4.84. The fourth-order valence-electron chi connectivity index (χ4n) is 3.41. The summed E-state index contributed by atoms with van der Waals surface area (Å²) in [6.07, 6.45) is 4.97. The van der Waals surface area contributed by atoms with Crippen LogP contribution in [0.2, 0.25) is 0 Å². The van der Waals surface area contributed by atoms with E-state index in [2.05, 4.69) is 37.4 Å². The zero-order valence-corrected chi connectivity index (χ0v) is 13.6. The summed E-state index contributed by atoms with van der Waals surface area (Å²) in [5, 5.41) is 13.1. The molecule has 1 fully saturated rings. The molecular formula is C18H29NO2. The van der Waals surface area contributed by atoms with E-state index in [-0.39, 0.29) is 6.04 Å². The van der Waals surface area contributed by atoms with E-state index in [0.29, 0.717) is 18.4 Å². The first kappa shape index (κ1) is 16.3. The number of aliphatic hydroxyl groups excluding tert-OH is 1. The fourth-order valence-corrected chi connectivity index (χ4v) is 3.41. The number of benzene rings is 1. The van der Waals surface area contributed by atoms with Gasteiger partial charge in [0, 0.05) is 18.2 Å². The van der Waals surface area contributed by atoms with E-state index in [9.17, 15) is 5.11 Å².